The number of hydrogen-bond donors (Lipinski definition) is 4. The molecule has 0 bridgehead atoms. The molecule has 222 valence electrons. The highest BCUT2D eigenvalue weighted by Crippen LogP contribution is 2.39. The largest absolute Gasteiger partial charge is 0.497 e. The van der Waals surface area contributed by atoms with Crippen LogP contribution in [-0.4, -0.2) is 62.6 Å². The Labute approximate surface area is 241 Å². The molecule has 10 nitrogen and oxygen atoms in total. The van der Waals surface area contributed by atoms with Crippen molar-refractivity contribution >= 4 is 50.7 Å². The van der Waals surface area contributed by atoms with Crippen LogP contribution in [0.2, 0.25) is 0 Å². The van der Waals surface area contributed by atoms with Gasteiger partial charge in [0, 0.05) is 0 Å². The standard InChI is InChI=1S/C23H24N2O6S3.C2HF3O2/c1-13-7-16(30-2)8-15(11-31-12-20(26)27)21(13)14-5-4-6-17(9-14)34(28,29)19-10-18(22(24)25)33-23(19)32-3;3-2(4,5)1(6)7/h4-10H,11-12H2,1-3H3,(H3,24,25)(H,26,27);(H,6,7). The van der Waals surface area contributed by atoms with E-state index in [-0.39, 0.29) is 22.2 Å². The Bertz CT molecular complexity index is 1550. The van der Waals surface area contributed by atoms with Crippen molar-refractivity contribution in [3.63, 3.8) is 0 Å². The number of aryl methyl sites for hydroxylation is 1. The van der Waals surface area contributed by atoms with Gasteiger partial charge < -0.3 is 25.4 Å². The number of nitrogen functional groups attached to an aromatic ring is 1. The lowest BCUT2D eigenvalue weighted by atomic mass is 9.95. The lowest BCUT2D eigenvalue weighted by molar-refractivity contribution is -0.192. The number of thioether (sulfide) groups is 1. The maximum Gasteiger partial charge on any atom is 0.490 e. The summed E-state index contributed by atoms with van der Waals surface area (Å²) in [6, 6.07) is 11.6. The molecule has 0 spiro atoms. The number of sulfone groups is 1. The van der Waals surface area contributed by atoms with Crippen molar-refractivity contribution in [1.29, 1.82) is 5.41 Å². The number of ether oxygens (including phenoxy) is 2. The van der Waals surface area contributed by atoms with Crippen LogP contribution < -0.4 is 10.5 Å². The number of alkyl halides is 3. The third kappa shape index (κ3) is 8.69. The third-order valence-corrected chi connectivity index (χ3v) is 9.53. The van der Waals surface area contributed by atoms with Gasteiger partial charge in [-0.05, 0) is 65.8 Å². The number of thiophene rings is 1. The van der Waals surface area contributed by atoms with Gasteiger partial charge in [0.2, 0.25) is 9.84 Å². The Morgan fingerprint density at radius 2 is 1.78 bits per heavy atom. The molecule has 0 saturated carbocycles. The second-order valence-electron chi connectivity index (χ2n) is 8.08. The van der Waals surface area contributed by atoms with Crippen molar-refractivity contribution in [2.24, 2.45) is 5.73 Å². The maximum absolute atomic E-state index is 13.5. The van der Waals surface area contributed by atoms with E-state index in [0.29, 0.717) is 26.0 Å². The number of carboxylic acids is 2. The number of rotatable bonds is 10. The van der Waals surface area contributed by atoms with Gasteiger partial charge in [-0.1, -0.05) is 12.1 Å². The number of nitrogens with one attached hydrogen (secondary N) is 1. The van der Waals surface area contributed by atoms with Crippen LogP contribution in [0.3, 0.4) is 0 Å². The summed E-state index contributed by atoms with van der Waals surface area (Å²) < 4.78 is 70.0. The summed E-state index contributed by atoms with van der Waals surface area (Å²) in [5.74, 6) is -3.44. The number of amidine groups is 1. The SMILES string of the molecule is COc1cc(C)c(-c2cccc(S(=O)(=O)c3cc(C(=N)N)sc3SC)c2)c(COCC(=O)O)c1.O=C(O)C(F)(F)F. The zero-order chi connectivity index (χ0) is 31.1. The Hall–Kier alpha value is -3.60. The number of carbonyl (C=O) groups is 2. The van der Waals surface area contributed by atoms with Crippen molar-refractivity contribution in [3.05, 3.63) is 58.5 Å². The van der Waals surface area contributed by atoms with Crippen LogP contribution in [0.15, 0.2) is 56.5 Å². The predicted molar refractivity (Wildman–Crippen MR) is 147 cm³/mol. The predicted octanol–water partition coefficient (Wildman–Crippen LogP) is 4.81. The van der Waals surface area contributed by atoms with Gasteiger partial charge in [-0.3, -0.25) is 5.41 Å². The summed E-state index contributed by atoms with van der Waals surface area (Å²) >= 11 is 2.45. The zero-order valence-corrected chi connectivity index (χ0v) is 24.2. The zero-order valence-electron chi connectivity index (χ0n) is 21.7. The average molecular weight is 635 g/mol. The molecule has 41 heavy (non-hydrogen) atoms. The van der Waals surface area contributed by atoms with Gasteiger partial charge in [0.05, 0.1) is 32.6 Å². The summed E-state index contributed by atoms with van der Waals surface area (Å²) in [6.07, 6.45) is -3.31. The van der Waals surface area contributed by atoms with Crippen molar-refractivity contribution in [2.45, 2.75) is 33.7 Å². The van der Waals surface area contributed by atoms with Gasteiger partial charge in [0.15, 0.2) is 0 Å². The lowest BCUT2D eigenvalue weighted by Crippen LogP contribution is -2.21. The van der Waals surface area contributed by atoms with Crippen LogP contribution in [-0.2, 0) is 30.8 Å². The molecule has 0 aliphatic heterocycles. The minimum absolute atomic E-state index is 0.0137. The second-order valence-corrected chi connectivity index (χ2v) is 12.1. The van der Waals surface area contributed by atoms with Crippen LogP contribution in [0.4, 0.5) is 13.2 Å². The van der Waals surface area contributed by atoms with Crippen molar-refractivity contribution in [1.82, 2.24) is 0 Å². The lowest BCUT2D eigenvalue weighted by Gasteiger charge is -2.16. The Kier molecular flexibility index (Phi) is 11.3. The smallest absolute Gasteiger partial charge is 0.490 e. The Morgan fingerprint density at radius 1 is 1.15 bits per heavy atom. The van der Waals surface area contributed by atoms with Crippen molar-refractivity contribution < 1.29 is 50.9 Å². The summed E-state index contributed by atoms with van der Waals surface area (Å²) in [5.41, 5.74) is 8.45. The van der Waals surface area contributed by atoms with Crippen molar-refractivity contribution in [3.8, 4) is 16.9 Å². The molecule has 0 aliphatic carbocycles. The number of hydrogen-bond acceptors (Lipinski definition) is 9. The Morgan fingerprint density at radius 3 is 2.29 bits per heavy atom. The van der Waals surface area contributed by atoms with E-state index in [1.54, 1.807) is 30.5 Å². The first-order chi connectivity index (χ1) is 19.0. The highest BCUT2D eigenvalue weighted by Gasteiger charge is 2.38. The van der Waals surface area contributed by atoms with Crippen LogP contribution in [0.5, 0.6) is 5.75 Å². The van der Waals surface area contributed by atoms with Crippen LogP contribution in [0.25, 0.3) is 11.1 Å². The summed E-state index contributed by atoms with van der Waals surface area (Å²) in [5, 5.41) is 23.7. The van der Waals surface area contributed by atoms with E-state index in [1.165, 1.54) is 42.3 Å². The molecule has 0 aliphatic rings. The molecule has 16 heteroatoms. The number of methoxy groups -OCH3 is 1. The van der Waals surface area contributed by atoms with E-state index in [2.05, 4.69) is 0 Å². The van der Waals surface area contributed by atoms with Gasteiger partial charge in [-0.15, -0.1) is 23.1 Å². The monoisotopic (exact) mass is 634 g/mol. The van der Waals surface area contributed by atoms with Gasteiger partial charge in [0.25, 0.3) is 0 Å². The topological polar surface area (TPSA) is 177 Å². The fourth-order valence-electron chi connectivity index (χ4n) is 3.48. The molecule has 3 aromatic rings. The fraction of sp³-hybridized carbons (Fsp3) is 0.240. The van der Waals surface area contributed by atoms with Crippen LogP contribution in [0, 0.1) is 12.3 Å². The van der Waals surface area contributed by atoms with Crippen molar-refractivity contribution in [2.75, 3.05) is 20.0 Å². The van der Waals surface area contributed by atoms with E-state index < -0.39 is 34.6 Å². The summed E-state index contributed by atoms with van der Waals surface area (Å²) in [4.78, 5) is 20.4. The molecule has 0 saturated heterocycles. The molecule has 3 rings (SSSR count). The van der Waals surface area contributed by atoms with Gasteiger partial charge in [0.1, 0.15) is 18.2 Å². The molecule has 0 unspecified atom stereocenters. The van der Waals surface area contributed by atoms with Crippen LogP contribution >= 0.6 is 23.1 Å². The molecule has 5 N–H and O–H groups in total. The van der Waals surface area contributed by atoms with E-state index in [0.717, 1.165) is 11.1 Å². The minimum atomic E-state index is -5.08. The molecule has 1 aromatic heterocycles. The van der Waals surface area contributed by atoms with Gasteiger partial charge in [-0.2, -0.15) is 13.2 Å². The van der Waals surface area contributed by atoms with E-state index >= 15 is 0 Å². The first kappa shape index (κ1) is 33.6. The van der Waals surface area contributed by atoms with Gasteiger partial charge in [-0.25, -0.2) is 18.0 Å². The highest BCUT2D eigenvalue weighted by molar-refractivity contribution is 8.01. The number of aliphatic carboxylic acids is 2. The molecule has 0 fully saturated rings. The number of halogens is 3. The normalized spacial score (nSPS) is 11.4. The highest BCUT2D eigenvalue weighted by atomic mass is 32.2. The molecule has 2 aromatic carbocycles. The maximum atomic E-state index is 13.5. The summed E-state index contributed by atoms with van der Waals surface area (Å²) in [7, 11) is -2.36. The summed E-state index contributed by atoms with van der Waals surface area (Å²) in [6.45, 7) is 1.42. The Balaban J connectivity index is 0.000000745. The molecule has 0 amide bonds. The number of carboxylic acid groups (broad SMARTS) is 2. The van der Waals surface area contributed by atoms with E-state index in [9.17, 15) is 26.4 Å². The first-order valence-electron chi connectivity index (χ1n) is 11.2. The first-order valence-corrected chi connectivity index (χ1v) is 14.7. The van der Waals surface area contributed by atoms with E-state index in [4.69, 9.17) is 35.6 Å². The molecule has 1 heterocycles. The van der Waals surface area contributed by atoms with Gasteiger partial charge >= 0.3 is 18.1 Å². The fourth-order valence-corrected chi connectivity index (χ4v) is 7.39. The quantitative estimate of drug-likeness (QED) is 0.138. The van der Waals surface area contributed by atoms with Crippen LogP contribution in [0.1, 0.15) is 16.0 Å². The minimum Gasteiger partial charge on any atom is -0.497 e. The molecular formula is C25H25F3N2O8S3. The molecule has 0 radical (unpaired) electrons. The molecular weight excluding hydrogens is 609 g/mol. The number of benzene rings is 2. The molecule has 0 atom stereocenters. The second kappa shape index (κ2) is 13.8. The number of nitrogens with two attached hydrogens (primary N) is 1. The van der Waals surface area contributed by atoms with E-state index in [1.807, 2.05) is 13.0 Å². The average Bonchev–Trinajstić information content (AvgIpc) is 3.34. The third-order valence-electron chi connectivity index (χ3n) is 5.19.